The largest absolute Gasteiger partial charge is 0.391 e. The Labute approximate surface area is 112 Å². The standard InChI is InChI=1S/C11H9F2NO3S2/c12-8-2-1-3-9(11(8)13)14-19(16,17)10-5-4-7(6-15)18-10/h1-5,14-15H,6H2. The molecule has 1 heterocycles. The van der Waals surface area contributed by atoms with Crippen molar-refractivity contribution in [3.8, 4) is 0 Å². The fourth-order valence-electron chi connectivity index (χ4n) is 1.37. The molecule has 0 aliphatic carbocycles. The average Bonchev–Trinajstić information content (AvgIpc) is 2.84. The van der Waals surface area contributed by atoms with E-state index in [0.29, 0.717) is 4.88 Å². The molecule has 0 radical (unpaired) electrons. The van der Waals surface area contributed by atoms with Crippen molar-refractivity contribution in [1.29, 1.82) is 0 Å². The predicted octanol–water partition coefficient (Wildman–Crippen LogP) is 2.32. The summed E-state index contributed by atoms with van der Waals surface area (Å²) in [4.78, 5) is 0.458. The molecule has 0 aliphatic rings. The normalized spacial score (nSPS) is 11.5. The zero-order chi connectivity index (χ0) is 14.0. The maximum absolute atomic E-state index is 13.4. The quantitative estimate of drug-likeness (QED) is 0.911. The lowest BCUT2D eigenvalue weighted by molar-refractivity contribution is 0.285. The van der Waals surface area contributed by atoms with E-state index in [1.165, 1.54) is 18.2 Å². The van der Waals surface area contributed by atoms with Gasteiger partial charge in [0.2, 0.25) is 0 Å². The highest BCUT2D eigenvalue weighted by Gasteiger charge is 2.19. The number of nitrogens with one attached hydrogen (secondary N) is 1. The lowest BCUT2D eigenvalue weighted by Gasteiger charge is -2.07. The molecule has 2 aromatic rings. The van der Waals surface area contributed by atoms with Crippen LogP contribution in [0.15, 0.2) is 34.5 Å². The van der Waals surface area contributed by atoms with Crippen LogP contribution in [0.4, 0.5) is 14.5 Å². The molecular formula is C11H9F2NO3S2. The van der Waals surface area contributed by atoms with E-state index < -0.39 is 27.3 Å². The van der Waals surface area contributed by atoms with Crippen LogP contribution in [0, 0.1) is 11.6 Å². The van der Waals surface area contributed by atoms with Gasteiger partial charge in [-0.2, -0.15) is 0 Å². The zero-order valence-electron chi connectivity index (χ0n) is 9.43. The monoisotopic (exact) mass is 305 g/mol. The van der Waals surface area contributed by atoms with Crippen molar-refractivity contribution in [1.82, 2.24) is 0 Å². The van der Waals surface area contributed by atoms with E-state index in [1.807, 2.05) is 4.72 Å². The van der Waals surface area contributed by atoms with Crippen LogP contribution in [0.3, 0.4) is 0 Å². The van der Waals surface area contributed by atoms with Gasteiger partial charge >= 0.3 is 0 Å². The molecule has 2 rings (SSSR count). The molecular weight excluding hydrogens is 296 g/mol. The summed E-state index contributed by atoms with van der Waals surface area (Å²) in [6, 6.07) is 5.94. The minimum atomic E-state index is -3.99. The zero-order valence-corrected chi connectivity index (χ0v) is 11.1. The van der Waals surface area contributed by atoms with Crippen molar-refractivity contribution in [3.05, 3.63) is 46.8 Å². The summed E-state index contributed by atoms with van der Waals surface area (Å²) >= 11 is 0.852. The first-order chi connectivity index (χ1) is 8.94. The van der Waals surface area contributed by atoms with Gasteiger partial charge in [0.1, 0.15) is 4.21 Å². The van der Waals surface area contributed by atoms with Crippen LogP contribution in [-0.2, 0) is 16.6 Å². The first-order valence-electron chi connectivity index (χ1n) is 5.10. The molecule has 1 aromatic heterocycles. The Kier molecular flexibility index (Phi) is 3.83. The highest BCUT2D eigenvalue weighted by Crippen LogP contribution is 2.25. The summed E-state index contributed by atoms with van der Waals surface area (Å²) < 4.78 is 52.1. The number of hydrogen-bond acceptors (Lipinski definition) is 4. The van der Waals surface area contributed by atoms with Gasteiger partial charge in [0.05, 0.1) is 12.3 Å². The molecule has 102 valence electrons. The molecule has 0 unspecified atom stereocenters. The van der Waals surface area contributed by atoms with Crippen LogP contribution < -0.4 is 4.72 Å². The van der Waals surface area contributed by atoms with Gasteiger partial charge in [0, 0.05) is 4.88 Å². The molecule has 0 fully saturated rings. The van der Waals surface area contributed by atoms with Crippen LogP contribution in [-0.4, -0.2) is 13.5 Å². The lowest BCUT2D eigenvalue weighted by Crippen LogP contribution is -2.13. The van der Waals surface area contributed by atoms with Crippen LogP contribution >= 0.6 is 11.3 Å². The molecule has 8 heteroatoms. The summed E-state index contributed by atoms with van der Waals surface area (Å²) in [5.41, 5.74) is -0.459. The summed E-state index contributed by atoms with van der Waals surface area (Å²) in [7, 11) is -3.99. The summed E-state index contributed by atoms with van der Waals surface area (Å²) in [5.74, 6) is -2.40. The Hall–Kier alpha value is -1.51. The molecule has 1 aromatic carbocycles. The third-order valence-electron chi connectivity index (χ3n) is 2.25. The van der Waals surface area contributed by atoms with E-state index in [-0.39, 0.29) is 10.8 Å². The van der Waals surface area contributed by atoms with E-state index in [0.717, 1.165) is 23.5 Å². The summed E-state index contributed by atoms with van der Waals surface area (Å²) in [6.07, 6.45) is 0. The maximum Gasteiger partial charge on any atom is 0.271 e. The number of sulfonamides is 1. The number of anilines is 1. The Balaban J connectivity index is 2.33. The Morgan fingerprint density at radius 2 is 1.95 bits per heavy atom. The summed E-state index contributed by atoms with van der Waals surface area (Å²) in [5, 5.41) is 8.87. The highest BCUT2D eigenvalue weighted by molar-refractivity contribution is 7.94. The molecule has 0 saturated carbocycles. The van der Waals surface area contributed by atoms with Crippen LogP contribution in [0.25, 0.3) is 0 Å². The van der Waals surface area contributed by atoms with Gasteiger partial charge in [-0.1, -0.05) is 6.07 Å². The van der Waals surface area contributed by atoms with E-state index >= 15 is 0 Å². The summed E-state index contributed by atoms with van der Waals surface area (Å²) in [6.45, 7) is -0.283. The number of rotatable bonds is 4. The Morgan fingerprint density at radius 1 is 1.21 bits per heavy atom. The van der Waals surface area contributed by atoms with Crippen molar-refractivity contribution >= 4 is 27.0 Å². The van der Waals surface area contributed by atoms with Crippen molar-refractivity contribution < 1.29 is 22.3 Å². The molecule has 0 aliphatic heterocycles. The SMILES string of the molecule is O=S(=O)(Nc1cccc(F)c1F)c1ccc(CO)s1. The van der Waals surface area contributed by atoms with Crippen LogP contribution in [0.5, 0.6) is 0 Å². The third kappa shape index (κ3) is 2.91. The number of benzene rings is 1. The number of thiophene rings is 1. The fraction of sp³-hybridized carbons (Fsp3) is 0.0909. The average molecular weight is 305 g/mol. The van der Waals surface area contributed by atoms with E-state index in [1.54, 1.807) is 0 Å². The van der Waals surface area contributed by atoms with E-state index in [4.69, 9.17) is 5.11 Å². The van der Waals surface area contributed by atoms with Gasteiger partial charge in [0.25, 0.3) is 10.0 Å². The van der Waals surface area contributed by atoms with Crippen LogP contribution in [0.2, 0.25) is 0 Å². The number of hydrogen-bond donors (Lipinski definition) is 2. The second-order valence-corrected chi connectivity index (χ2v) is 6.66. The second kappa shape index (κ2) is 5.24. The molecule has 0 atom stereocenters. The van der Waals surface area contributed by atoms with E-state index in [2.05, 4.69) is 0 Å². The fourth-order valence-corrected chi connectivity index (χ4v) is 3.64. The number of aliphatic hydroxyl groups is 1. The first kappa shape index (κ1) is 13.9. The first-order valence-corrected chi connectivity index (χ1v) is 7.40. The van der Waals surface area contributed by atoms with Gasteiger partial charge in [-0.15, -0.1) is 11.3 Å². The Bertz CT molecular complexity index is 698. The number of halogens is 2. The predicted molar refractivity (Wildman–Crippen MR) is 67.4 cm³/mol. The molecule has 4 nitrogen and oxygen atoms in total. The van der Waals surface area contributed by atoms with Gasteiger partial charge in [-0.25, -0.2) is 17.2 Å². The van der Waals surface area contributed by atoms with Crippen molar-refractivity contribution in [2.24, 2.45) is 0 Å². The molecule has 0 bridgehead atoms. The molecule has 0 amide bonds. The molecule has 19 heavy (non-hydrogen) atoms. The second-order valence-electron chi connectivity index (χ2n) is 3.59. The van der Waals surface area contributed by atoms with Gasteiger partial charge in [-0.3, -0.25) is 4.72 Å². The minimum absolute atomic E-state index is 0.0831. The molecule has 0 saturated heterocycles. The Morgan fingerprint density at radius 3 is 2.58 bits per heavy atom. The highest BCUT2D eigenvalue weighted by atomic mass is 32.2. The smallest absolute Gasteiger partial charge is 0.271 e. The van der Waals surface area contributed by atoms with Gasteiger partial charge < -0.3 is 5.11 Å². The maximum atomic E-state index is 13.4. The molecule has 2 N–H and O–H groups in total. The number of aliphatic hydroxyl groups excluding tert-OH is 1. The molecule has 0 spiro atoms. The minimum Gasteiger partial charge on any atom is -0.391 e. The van der Waals surface area contributed by atoms with Crippen LogP contribution in [0.1, 0.15) is 4.88 Å². The van der Waals surface area contributed by atoms with E-state index in [9.17, 15) is 17.2 Å². The van der Waals surface area contributed by atoms with Crippen molar-refractivity contribution in [2.45, 2.75) is 10.8 Å². The topological polar surface area (TPSA) is 66.4 Å². The van der Waals surface area contributed by atoms with Gasteiger partial charge in [-0.05, 0) is 24.3 Å². The van der Waals surface area contributed by atoms with Gasteiger partial charge in [0.15, 0.2) is 11.6 Å². The van der Waals surface area contributed by atoms with Crippen molar-refractivity contribution in [3.63, 3.8) is 0 Å². The lowest BCUT2D eigenvalue weighted by atomic mass is 10.3. The van der Waals surface area contributed by atoms with Crippen molar-refractivity contribution in [2.75, 3.05) is 4.72 Å². The third-order valence-corrected chi connectivity index (χ3v) is 5.18.